The molecule has 1 fully saturated rings. The Kier molecular flexibility index (Phi) is 5.48. The zero-order valence-corrected chi connectivity index (χ0v) is 19.2. The molecule has 1 unspecified atom stereocenters. The molecule has 0 bridgehead atoms. The van der Waals surface area contributed by atoms with E-state index >= 15 is 0 Å². The molecule has 1 aliphatic rings. The number of hydrogen-bond donors (Lipinski definition) is 1. The van der Waals surface area contributed by atoms with E-state index in [0.717, 1.165) is 22.2 Å². The maximum atomic E-state index is 13.3. The highest BCUT2D eigenvalue weighted by molar-refractivity contribution is 7.22. The number of benzene rings is 3. The molecule has 33 heavy (non-hydrogen) atoms. The first kappa shape index (κ1) is 21.4. The molecule has 1 amide bonds. The Morgan fingerprint density at radius 2 is 1.79 bits per heavy atom. The van der Waals surface area contributed by atoms with E-state index in [4.69, 9.17) is 11.6 Å². The van der Waals surface area contributed by atoms with Crippen molar-refractivity contribution in [3.8, 4) is 0 Å². The second-order valence-electron chi connectivity index (χ2n) is 7.74. The van der Waals surface area contributed by atoms with Crippen LogP contribution in [0.2, 0.25) is 5.02 Å². The van der Waals surface area contributed by atoms with Crippen molar-refractivity contribution in [3.05, 3.63) is 100 Å². The Labute approximate surface area is 199 Å². The highest BCUT2D eigenvalue weighted by atomic mass is 35.5. The molecule has 4 aromatic rings. The van der Waals surface area contributed by atoms with E-state index in [0.29, 0.717) is 21.3 Å². The van der Waals surface area contributed by atoms with E-state index in [2.05, 4.69) is 11.9 Å². The quantitative estimate of drug-likeness (QED) is 0.219. The predicted molar refractivity (Wildman–Crippen MR) is 132 cm³/mol. The van der Waals surface area contributed by atoms with Crippen molar-refractivity contribution in [2.24, 2.45) is 0 Å². The van der Waals surface area contributed by atoms with Gasteiger partial charge in [0.1, 0.15) is 5.76 Å². The number of hydrogen-bond acceptors (Lipinski definition) is 5. The van der Waals surface area contributed by atoms with E-state index in [1.165, 1.54) is 16.2 Å². The molecule has 1 saturated heterocycles. The van der Waals surface area contributed by atoms with Crippen molar-refractivity contribution in [1.29, 1.82) is 0 Å². The van der Waals surface area contributed by atoms with Gasteiger partial charge in [-0.05, 0) is 41.8 Å². The number of rotatable bonds is 4. The number of aryl methyl sites for hydroxylation is 1. The summed E-state index contributed by atoms with van der Waals surface area (Å²) in [6.45, 7) is 2.08. The molecular weight excluding hydrogens is 456 g/mol. The predicted octanol–water partition coefficient (Wildman–Crippen LogP) is 6.14. The van der Waals surface area contributed by atoms with Crippen LogP contribution in [0.3, 0.4) is 0 Å². The van der Waals surface area contributed by atoms with Crippen molar-refractivity contribution in [2.75, 3.05) is 4.90 Å². The van der Waals surface area contributed by atoms with Crippen molar-refractivity contribution < 1.29 is 14.7 Å². The molecule has 5 rings (SSSR count). The van der Waals surface area contributed by atoms with Crippen LogP contribution in [0.5, 0.6) is 0 Å². The molecule has 3 aromatic carbocycles. The lowest BCUT2D eigenvalue weighted by molar-refractivity contribution is -0.132. The number of nitrogens with zero attached hydrogens (tertiary/aromatic N) is 2. The van der Waals surface area contributed by atoms with Crippen LogP contribution in [0, 0.1) is 0 Å². The first-order valence-electron chi connectivity index (χ1n) is 10.5. The molecular formula is C26H19ClN2O3S. The third-order valence-electron chi connectivity index (χ3n) is 5.73. The smallest absolute Gasteiger partial charge is 0.301 e. The summed E-state index contributed by atoms with van der Waals surface area (Å²) in [5, 5.41) is 12.0. The Morgan fingerprint density at radius 3 is 2.48 bits per heavy atom. The Hall–Kier alpha value is -3.48. The number of ketones is 1. The molecule has 5 nitrogen and oxygen atoms in total. The number of carbonyl (C=O) groups is 2. The van der Waals surface area contributed by atoms with Crippen LogP contribution >= 0.6 is 22.9 Å². The number of aliphatic hydroxyl groups excluding tert-OH is 1. The maximum Gasteiger partial charge on any atom is 0.301 e. The second kappa shape index (κ2) is 8.46. The molecule has 1 atom stereocenters. The van der Waals surface area contributed by atoms with E-state index < -0.39 is 17.7 Å². The third-order valence-corrected chi connectivity index (χ3v) is 7.00. The summed E-state index contributed by atoms with van der Waals surface area (Å²) >= 11 is 7.44. The lowest BCUT2D eigenvalue weighted by Crippen LogP contribution is -2.29. The Bertz CT molecular complexity index is 1410. The normalized spacial score (nSPS) is 17.8. The molecule has 2 heterocycles. The SMILES string of the molecule is CCc1ccc2nc(N3C(=O)C(=O)C(=C(O)c4ccccc4)C3c3ccc(Cl)cc3)sc2c1. The minimum atomic E-state index is -0.825. The van der Waals surface area contributed by atoms with E-state index in [1.54, 1.807) is 48.5 Å². The summed E-state index contributed by atoms with van der Waals surface area (Å²) < 4.78 is 0.934. The molecule has 1 aromatic heterocycles. The minimum absolute atomic E-state index is 0.0297. The lowest BCUT2D eigenvalue weighted by Gasteiger charge is -2.23. The van der Waals surface area contributed by atoms with Crippen molar-refractivity contribution >= 4 is 55.7 Å². The highest BCUT2D eigenvalue weighted by Crippen LogP contribution is 2.44. The fourth-order valence-corrected chi connectivity index (χ4v) is 5.20. The number of aliphatic hydroxyl groups is 1. The van der Waals surface area contributed by atoms with Gasteiger partial charge in [-0.25, -0.2) is 4.98 Å². The second-order valence-corrected chi connectivity index (χ2v) is 9.18. The number of anilines is 1. The topological polar surface area (TPSA) is 70.5 Å². The number of fused-ring (bicyclic) bond motifs is 1. The average molecular weight is 475 g/mol. The number of carbonyl (C=O) groups excluding carboxylic acids is 2. The van der Waals surface area contributed by atoms with Gasteiger partial charge in [-0.2, -0.15) is 0 Å². The summed E-state index contributed by atoms with van der Waals surface area (Å²) in [5.74, 6) is -1.68. The molecule has 1 N–H and O–H groups in total. The van der Waals surface area contributed by atoms with Crippen molar-refractivity contribution in [1.82, 2.24) is 4.98 Å². The minimum Gasteiger partial charge on any atom is -0.507 e. The standard InChI is InChI=1S/C26H19ClN2O3S/c1-2-15-8-13-19-20(14-15)33-26(28-19)29-22(16-9-11-18(27)12-10-16)21(24(31)25(29)32)23(30)17-6-4-3-5-7-17/h3-14,22,30H,2H2,1H3. The summed E-state index contributed by atoms with van der Waals surface area (Å²) in [7, 11) is 0. The van der Waals surface area contributed by atoms with Gasteiger partial charge in [-0.3, -0.25) is 14.5 Å². The van der Waals surface area contributed by atoms with Crippen LogP contribution in [-0.2, 0) is 16.0 Å². The zero-order chi connectivity index (χ0) is 23.1. The Morgan fingerprint density at radius 1 is 1.06 bits per heavy atom. The lowest BCUT2D eigenvalue weighted by atomic mass is 9.95. The third kappa shape index (κ3) is 3.71. The highest BCUT2D eigenvalue weighted by Gasteiger charge is 2.48. The van der Waals surface area contributed by atoms with Crippen LogP contribution < -0.4 is 4.90 Å². The van der Waals surface area contributed by atoms with Crippen molar-refractivity contribution in [3.63, 3.8) is 0 Å². The van der Waals surface area contributed by atoms with Gasteiger partial charge in [0.2, 0.25) is 0 Å². The van der Waals surface area contributed by atoms with Gasteiger partial charge in [0, 0.05) is 10.6 Å². The molecule has 0 radical (unpaired) electrons. The number of halogens is 1. The van der Waals surface area contributed by atoms with E-state index in [-0.39, 0.29) is 11.3 Å². The summed E-state index contributed by atoms with van der Waals surface area (Å²) in [6, 6.07) is 20.8. The van der Waals surface area contributed by atoms with Crippen LogP contribution in [0.15, 0.2) is 78.4 Å². The van der Waals surface area contributed by atoms with Gasteiger partial charge >= 0.3 is 5.91 Å². The van der Waals surface area contributed by atoms with Crippen LogP contribution in [0.25, 0.3) is 16.0 Å². The van der Waals surface area contributed by atoms with Crippen LogP contribution in [-0.4, -0.2) is 21.8 Å². The monoisotopic (exact) mass is 474 g/mol. The summed E-state index contributed by atoms with van der Waals surface area (Å²) in [5.41, 5.74) is 3.07. The summed E-state index contributed by atoms with van der Waals surface area (Å²) in [4.78, 5) is 32.5. The number of Topliss-reactive ketones (excluding diaryl/α,β-unsaturated/α-hetero) is 1. The summed E-state index contributed by atoms with van der Waals surface area (Å²) in [6.07, 6.45) is 0.884. The maximum absolute atomic E-state index is 13.3. The molecule has 0 spiro atoms. The largest absolute Gasteiger partial charge is 0.507 e. The fraction of sp³-hybridized carbons (Fsp3) is 0.115. The van der Waals surface area contributed by atoms with Gasteiger partial charge in [0.05, 0.1) is 21.8 Å². The zero-order valence-electron chi connectivity index (χ0n) is 17.7. The number of aromatic nitrogens is 1. The van der Waals surface area contributed by atoms with Gasteiger partial charge in [-0.15, -0.1) is 0 Å². The molecule has 7 heteroatoms. The molecule has 164 valence electrons. The Balaban J connectivity index is 1.72. The van der Waals surface area contributed by atoms with E-state index in [1.807, 2.05) is 24.3 Å². The average Bonchev–Trinajstić information content (AvgIpc) is 3.37. The molecule has 1 aliphatic heterocycles. The van der Waals surface area contributed by atoms with Gasteiger partial charge in [-0.1, -0.05) is 78.4 Å². The van der Waals surface area contributed by atoms with Crippen LogP contribution in [0.4, 0.5) is 5.13 Å². The van der Waals surface area contributed by atoms with Gasteiger partial charge in [0.25, 0.3) is 5.78 Å². The molecule has 0 saturated carbocycles. The first-order chi connectivity index (χ1) is 16.0. The van der Waals surface area contributed by atoms with Crippen LogP contribution in [0.1, 0.15) is 29.7 Å². The number of thiazole rings is 1. The first-order valence-corrected chi connectivity index (χ1v) is 11.7. The van der Waals surface area contributed by atoms with Gasteiger partial charge < -0.3 is 5.11 Å². The van der Waals surface area contributed by atoms with E-state index in [9.17, 15) is 14.7 Å². The number of amides is 1. The van der Waals surface area contributed by atoms with Gasteiger partial charge in [0.15, 0.2) is 5.13 Å². The fourth-order valence-electron chi connectivity index (χ4n) is 4.02. The van der Waals surface area contributed by atoms with Crippen molar-refractivity contribution in [2.45, 2.75) is 19.4 Å². The molecule has 0 aliphatic carbocycles.